The number of aryl methyl sites for hydroxylation is 1. The highest BCUT2D eigenvalue weighted by Gasteiger charge is 2.16. The Morgan fingerprint density at radius 2 is 1.72 bits per heavy atom. The third-order valence-corrected chi connectivity index (χ3v) is 4.94. The zero-order valence-electron chi connectivity index (χ0n) is 17.4. The lowest BCUT2D eigenvalue weighted by Crippen LogP contribution is -2.00. The van der Waals surface area contributed by atoms with Gasteiger partial charge in [0, 0.05) is 34.8 Å². The number of benzene rings is 2. The van der Waals surface area contributed by atoms with E-state index in [9.17, 15) is 4.79 Å². The van der Waals surface area contributed by atoms with Gasteiger partial charge in [0.05, 0.1) is 21.3 Å². The summed E-state index contributed by atoms with van der Waals surface area (Å²) in [6.45, 7) is 3.15. The van der Waals surface area contributed by atoms with Gasteiger partial charge in [-0.05, 0) is 36.8 Å². The van der Waals surface area contributed by atoms with Crippen molar-refractivity contribution in [1.29, 1.82) is 0 Å². The molecule has 1 heterocycles. The molecule has 0 saturated carbocycles. The summed E-state index contributed by atoms with van der Waals surface area (Å²) in [5.41, 5.74) is 2.68. The summed E-state index contributed by atoms with van der Waals surface area (Å²) in [5, 5.41) is 1.14. The maximum Gasteiger partial charge on any atom is 0.203 e. The van der Waals surface area contributed by atoms with Crippen LogP contribution in [0.5, 0.6) is 17.2 Å². The first-order valence-corrected chi connectivity index (χ1v) is 9.73. The molecule has 1 aromatic heterocycles. The number of allylic oxidation sites excluding steroid dienone is 1. The number of methoxy groups -OCH3 is 3. The first kappa shape index (κ1) is 20.5. The molecular formula is C24H27NO4. The van der Waals surface area contributed by atoms with E-state index >= 15 is 0 Å². The normalized spacial score (nSPS) is 11.2. The zero-order valence-corrected chi connectivity index (χ0v) is 17.4. The molecule has 5 nitrogen and oxygen atoms in total. The summed E-state index contributed by atoms with van der Waals surface area (Å²) in [4.78, 5) is 12.8. The molecule has 29 heavy (non-hydrogen) atoms. The van der Waals surface area contributed by atoms with Crippen molar-refractivity contribution in [3.8, 4) is 17.2 Å². The number of carbonyl (C=O) groups excluding carboxylic acids is 1. The van der Waals surface area contributed by atoms with Crippen LogP contribution in [0.25, 0.3) is 17.0 Å². The molecule has 0 spiro atoms. The lowest BCUT2D eigenvalue weighted by molar-refractivity contribution is 0.104. The van der Waals surface area contributed by atoms with Crippen molar-refractivity contribution in [2.45, 2.75) is 26.3 Å². The van der Waals surface area contributed by atoms with Crippen LogP contribution in [0.1, 0.15) is 35.7 Å². The Morgan fingerprint density at radius 3 is 2.34 bits per heavy atom. The number of ketones is 1. The molecule has 0 unspecified atom stereocenters. The summed E-state index contributed by atoms with van der Waals surface area (Å²) in [6, 6.07) is 11.6. The second-order valence-electron chi connectivity index (χ2n) is 6.76. The molecule has 0 N–H and O–H groups in total. The quantitative estimate of drug-likeness (QED) is 0.363. The van der Waals surface area contributed by atoms with Gasteiger partial charge in [-0.2, -0.15) is 0 Å². The molecule has 0 bridgehead atoms. The largest absolute Gasteiger partial charge is 0.493 e. The Hall–Kier alpha value is -3.21. The van der Waals surface area contributed by atoms with E-state index < -0.39 is 0 Å². The van der Waals surface area contributed by atoms with Crippen LogP contribution in [0, 0.1) is 0 Å². The van der Waals surface area contributed by atoms with Gasteiger partial charge in [0.2, 0.25) is 5.75 Å². The minimum Gasteiger partial charge on any atom is -0.493 e. The number of fused-ring (bicyclic) bond motifs is 1. The number of nitrogens with zero attached hydrogens (tertiary/aromatic N) is 1. The van der Waals surface area contributed by atoms with Crippen molar-refractivity contribution < 1.29 is 19.0 Å². The maximum atomic E-state index is 12.8. The average Bonchev–Trinajstić information content (AvgIpc) is 3.12. The Balaban J connectivity index is 1.93. The summed E-state index contributed by atoms with van der Waals surface area (Å²) >= 11 is 0. The van der Waals surface area contributed by atoms with Crippen molar-refractivity contribution >= 4 is 22.8 Å². The van der Waals surface area contributed by atoms with E-state index in [0.29, 0.717) is 22.8 Å². The van der Waals surface area contributed by atoms with E-state index in [1.807, 2.05) is 18.2 Å². The Morgan fingerprint density at radius 1 is 1.03 bits per heavy atom. The second kappa shape index (κ2) is 9.32. The molecule has 0 aliphatic carbocycles. The van der Waals surface area contributed by atoms with Crippen LogP contribution < -0.4 is 14.2 Å². The molecule has 0 amide bonds. The molecule has 3 aromatic rings. The van der Waals surface area contributed by atoms with Crippen LogP contribution in [-0.4, -0.2) is 31.7 Å². The van der Waals surface area contributed by atoms with Crippen LogP contribution in [0.4, 0.5) is 0 Å². The summed E-state index contributed by atoms with van der Waals surface area (Å²) in [6.07, 6.45) is 7.83. The van der Waals surface area contributed by atoms with E-state index in [2.05, 4.69) is 29.8 Å². The first-order chi connectivity index (χ1) is 14.1. The van der Waals surface area contributed by atoms with E-state index in [0.717, 1.165) is 30.3 Å². The Labute approximate surface area is 171 Å². The molecule has 0 radical (unpaired) electrons. The summed E-state index contributed by atoms with van der Waals surface area (Å²) in [5.74, 6) is 1.25. The smallest absolute Gasteiger partial charge is 0.203 e. The van der Waals surface area contributed by atoms with Crippen molar-refractivity contribution in [2.24, 2.45) is 0 Å². The van der Waals surface area contributed by atoms with E-state index in [-0.39, 0.29) is 5.78 Å². The van der Waals surface area contributed by atoms with Gasteiger partial charge in [0.1, 0.15) is 0 Å². The lowest BCUT2D eigenvalue weighted by atomic mass is 10.1. The molecule has 2 aromatic carbocycles. The minimum atomic E-state index is -0.130. The fraction of sp³-hybridized carbons (Fsp3) is 0.292. The Bertz CT molecular complexity index is 1010. The number of carbonyl (C=O) groups is 1. The molecule has 0 aliphatic heterocycles. The van der Waals surface area contributed by atoms with Gasteiger partial charge in [-0.1, -0.05) is 31.5 Å². The molecule has 0 atom stereocenters. The highest BCUT2D eigenvalue weighted by molar-refractivity contribution is 6.08. The standard InChI is InChI=1S/C24H27NO4/c1-5-6-13-25-16-17(19-9-7-8-10-20(19)25)11-12-21(26)18-14-22(27-2)24(29-4)23(15-18)28-3/h7-12,14-16H,5-6,13H2,1-4H3/b12-11+. The van der Waals surface area contributed by atoms with Gasteiger partial charge < -0.3 is 18.8 Å². The fourth-order valence-corrected chi connectivity index (χ4v) is 3.41. The first-order valence-electron chi connectivity index (χ1n) is 9.73. The van der Waals surface area contributed by atoms with Crippen molar-refractivity contribution in [3.05, 3.63) is 59.8 Å². The van der Waals surface area contributed by atoms with Gasteiger partial charge in [-0.15, -0.1) is 0 Å². The number of aromatic nitrogens is 1. The van der Waals surface area contributed by atoms with Crippen LogP contribution in [0.3, 0.4) is 0 Å². The molecular weight excluding hydrogens is 366 g/mol. The Kier molecular flexibility index (Phi) is 6.60. The van der Waals surface area contributed by atoms with Gasteiger partial charge in [-0.3, -0.25) is 4.79 Å². The highest BCUT2D eigenvalue weighted by Crippen LogP contribution is 2.38. The maximum absolute atomic E-state index is 12.8. The predicted molar refractivity (Wildman–Crippen MR) is 116 cm³/mol. The number of para-hydroxylation sites is 1. The topological polar surface area (TPSA) is 49.7 Å². The number of hydrogen-bond acceptors (Lipinski definition) is 4. The minimum absolute atomic E-state index is 0.130. The number of rotatable bonds is 9. The van der Waals surface area contributed by atoms with Crippen LogP contribution >= 0.6 is 0 Å². The SMILES string of the molecule is CCCCn1cc(/C=C/C(=O)c2cc(OC)c(OC)c(OC)c2)c2ccccc21. The van der Waals surface area contributed by atoms with Crippen LogP contribution in [0.15, 0.2) is 48.7 Å². The van der Waals surface area contributed by atoms with E-state index in [1.165, 1.54) is 26.8 Å². The molecule has 0 fully saturated rings. The molecule has 5 heteroatoms. The number of hydrogen-bond donors (Lipinski definition) is 0. The van der Waals surface area contributed by atoms with Gasteiger partial charge >= 0.3 is 0 Å². The van der Waals surface area contributed by atoms with Crippen molar-refractivity contribution in [2.75, 3.05) is 21.3 Å². The third-order valence-electron chi connectivity index (χ3n) is 4.94. The van der Waals surface area contributed by atoms with Gasteiger partial charge in [0.25, 0.3) is 0 Å². The third kappa shape index (κ3) is 4.29. The molecule has 152 valence electrons. The lowest BCUT2D eigenvalue weighted by Gasteiger charge is -2.13. The summed E-state index contributed by atoms with van der Waals surface area (Å²) in [7, 11) is 4.61. The fourth-order valence-electron chi connectivity index (χ4n) is 3.41. The zero-order chi connectivity index (χ0) is 20.8. The van der Waals surface area contributed by atoms with E-state index in [4.69, 9.17) is 14.2 Å². The number of unbranched alkanes of at least 4 members (excludes halogenated alkanes) is 1. The van der Waals surface area contributed by atoms with Gasteiger partial charge in [0.15, 0.2) is 17.3 Å². The number of ether oxygens (including phenoxy) is 3. The highest BCUT2D eigenvalue weighted by atomic mass is 16.5. The molecule has 0 aliphatic rings. The average molecular weight is 393 g/mol. The van der Waals surface area contributed by atoms with Crippen LogP contribution in [0.2, 0.25) is 0 Å². The monoisotopic (exact) mass is 393 g/mol. The molecule has 0 saturated heterocycles. The molecule has 3 rings (SSSR count). The van der Waals surface area contributed by atoms with Crippen molar-refractivity contribution in [3.63, 3.8) is 0 Å². The van der Waals surface area contributed by atoms with E-state index in [1.54, 1.807) is 18.2 Å². The van der Waals surface area contributed by atoms with Gasteiger partial charge in [-0.25, -0.2) is 0 Å². The second-order valence-corrected chi connectivity index (χ2v) is 6.76. The summed E-state index contributed by atoms with van der Waals surface area (Å²) < 4.78 is 18.3. The predicted octanol–water partition coefficient (Wildman–Crippen LogP) is 5.36. The van der Waals surface area contributed by atoms with Crippen molar-refractivity contribution in [1.82, 2.24) is 4.57 Å². The van der Waals surface area contributed by atoms with Crippen LogP contribution in [-0.2, 0) is 6.54 Å².